The zero-order valence-corrected chi connectivity index (χ0v) is 12.8. The van der Waals surface area contributed by atoms with Gasteiger partial charge in [0.1, 0.15) is 0 Å². The highest BCUT2D eigenvalue weighted by Crippen LogP contribution is 2.13. The summed E-state index contributed by atoms with van der Waals surface area (Å²) >= 11 is 0. The molecule has 0 saturated carbocycles. The van der Waals surface area contributed by atoms with Crippen molar-refractivity contribution in [3.63, 3.8) is 0 Å². The molecule has 0 aromatic carbocycles. The number of nitrogens with one attached hydrogen (secondary N) is 3. The fraction of sp³-hybridized carbons (Fsp3) is 0.818. The van der Waals surface area contributed by atoms with E-state index in [1.807, 2.05) is 4.90 Å². The first-order chi connectivity index (χ1) is 9.23. The minimum atomic E-state index is -3.20. The molecule has 116 valence electrons. The molecule has 9 heteroatoms. The molecule has 1 fully saturated rings. The van der Waals surface area contributed by atoms with E-state index in [-0.39, 0.29) is 11.9 Å². The van der Waals surface area contributed by atoms with Gasteiger partial charge in [-0.15, -0.1) is 0 Å². The Balaban J connectivity index is 2.44. The van der Waals surface area contributed by atoms with Gasteiger partial charge in [0.15, 0.2) is 0 Å². The van der Waals surface area contributed by atoms with Crippen LogP contribution in [0.15, 0.2) is 0 Å². The van der Waals surface area contributed by atoms with E-state index < -0.39 is 22.1 Å². The minimum Gasteiger partial charge on any atom is -0.341 e. The van der Waals surface area contributed by atoms with Gasteiger partial charge in [0.25, 0.3) is 0 Å². The molecule has 0 aliphatic carbocycles. The molecule has 1 unspecified atom stereocenters. The molecule has 0 aromatic heterocycles. The van der Waals surface area contributed by atoms with Crippen molar-refractivity contribution in [1.29, 1.82) is 0 Å². The maximum atomic E-state index is 11.8. The number of carbonyl (C=O) groups excluding carboxylic acids is 2. The Morgan fingerprint density at radius 3 is 2.25 bits per heavy atom. The van der Waals surface area contributed by atoms with Crippen LogP contribution in [0.2, 0.25) is 0 Å². The normalized spacial score (nSPS) is 19.4. The number of carbonyl (C=O) groups is 2. The Morgan fingerprint density at radius 1 is 1.25 bits per heavy atom. The number of hydrogen-bond acceptors (Lipinski definition) is 5. The van der Waals surface area contributed by atoms with Crippen molar-refractivity contribution in [2.24, 2.45) is 0 Å². The highest BCUT2D eigenvalue weighted by Gasteiger charge is 2.28. The van der Waals surface area contributed by atoms with E-state index in [4.69, 9.17) is 0 Å². The van der Waals surface area contributed by atoms with Gasteiger partial charge in [-0.25, -0.2) is 17.9 Å². The Morgan fingerprint density at radius 2 is 1.80 bits per heavy atom. The van der Waals surface area contributed by atoms with Crippen LogP contribution in [0.3, 0.4) is 0 Å². The van der Waals surface area contributed by atoms with Gasteiger partial charge >= 0.3 is 6.03 Å². The first-order valence-electron chi connectivity index (χ1n) is 6.47. The maximum Gasteiger partial charge on any atom is 0.321 e. The number of piperidine rings is 1. The number of nitrogens with zero attached hydrogens (tertiary/aromatic N) is 1. The van der Waals surface area contributed by atoms with Crippen LogP contribution < -0.4 is 15.4 Å². The third kappa shape index (κ3) is 5.43. The number of rotatable bonds is 4. The van der Waals surface area contributed by atoms with Crippen molar-refractivity contribution in [2.75, 3.05) is 26.4 Å². The predicted molar refractivity (Wildman–Crippen MR) is 74.6 cm³/mol. The molecule has 1 atom stereocenters. The first kappa shape index (κ1) is 16.9. The predicted octanol–water partition coefficient (Wildman–Crippen LogP) is -1.16. The van der Waals surface area contributed by atoms with Crippen LogP contribution >= 0.6 is 0 Å². The van der Waals surface area contributed by atoms with E-state index >= 15 is 0 Å². The topological polar surface area (TPSA) is 108 Å². The summed E-state index contributed by atoms with van der Waals surface area (Å²) in [5.74, 6) is -0.362. The summed E-state index contributed by atoms with van der Waals surface area (Å²) in [6, 6.07) is -1.04. The van der Waals surface area contributed by atoms with Gasteiger partial charge in [-0.1, -0.05) is 0 Å². The summed E-state index contributed by atoms with van der Waals surface area (Å²) in [5, 5.41) is 4.55. The van der Waals surface area contributed by atoms with E-state index in [2.05, 4.69) is 15.4 Å². The lowest BCUT2D eigenvalue weighted by atomic mass is 10.0. The van der Waals surface area contributed by atoms with Gasteiger partial charge in [-0.2, -0.15) is 0 Å². The monoisotopic (exact) mass is 306 g/mol. The lowest BCUT2D eigenvalue weighted by Gasteiger charge is -2.35. The fourth-order valence-corrected chi connectivity index (χ4v) is 2.99. The number of likely N-dealkylation sites (tertiary alicyclic amines) is 1. The van der Waals surface area contributed by atoms with Gasteiger partial charge in [0.05, 0.1) is 12.3 Å². The van der Waals surface area contributed by atoms with Gasteiger partial charge in [0, 0.05) is 26.2 Å². The Bertz CT molecular complexity index is 457. The van der Waals surface area contributed by atoms with Crippen molar-refractivity contribution in [1.82, 2.24) is 20.3 Å². The van der Waals surface area contributed by atoms with E-state index in [1.54, 1.807) is 6.92 Å². The second-order valence-corrected chi connectivity index (χ2v) is 6.72. The number of sulfonamides is 1. The fourth-order valence-electron chi connectivity index (χ4n) is 2.15. The second kappa shape index (κ2) is 7.00. The van der Waals surface area contributed by atoms with Crippen LogP contribution in [0, 0.1) is 0 Å². The molecule has 3 amide bonds. The third-order valence-electron chi connectivity index (χ3n) is 3.30. The second-order valence-electron chi connectivity index (χ2n) is 4.94. The Kier molecular flexibility index (Phi) is 5.90. The van der Waals surface area contributed by atoms with Crippen LogP contribution in [0.4, 0.5) is 4.79 Å². The van der Waals surface area contributed by atoms with Gasteiger partial charge in [-0.05, 0) is 19.8 Å². The molecule has 20 heavy (non-hydrogen) atoms. The van der Waals surface area contributed by atoms with Crippen LogP contribution in [0.5, 0.6) is 0 Å². The first-order valence-corrected chi connectivity index (χ1v) is 8.36. The summed E-state index contributed by atoms with van der Waals surface area (Å²) in [6.45, 7) is 2.94. The molecule has 1 saturated heterocycles. The summed E-state index contributed by atoms with van der Waals surface area (Å²) in [6.07, 6.45) is 2.42. The quantitative estimate of drug-likeness (QED) is 0.607. The van der Waals surface area contributed by atoms with Crippen LogP contribution in [0.1, 0.15) is 19.8 Å². The zero-order valence-electron chi connectivity index (χ0n) is 12.0. The molecule has 0 aromatic rings. The third-order valence-corrected chi connectivity index (χ3v) is 4.06. The molecule has 0 bridgehead atoms. The van der Waals surface area contributed by atoms with Gasteiger partial charge in [-0.3, -0.25) is 15.0 Å². The van der Waals surface area contributed by atoms with Gasteiger partial charge in [0.2, 0.25) is 15.9 Å². The highest BCUT2D eigenvalue weighted by atomic mass is 32.2. The summed E-state index contributed by atoms with van der Waals surface area (Å²) in [4.78, 5) is 24.8. The molecule has 1 aliphatic heterocycles. The van der Waals surface area contributed by atoms with Crippen LogP contribution in [-0.2, 0) is 14.8 Å². The summed E-state index contributed by atoms with van der Waals surface area (Å²) < 4.78 is 24.9. The van der Waals surface area contributed by atoms with E-state index in [9.17, 15) is 18.0 Å². The Hall–Kier alpha value is -1.19. The van der Waals surface area contributed by atoms with E-state index in [0.717, 1.165) is 6.26 Å². The molecule has 0 spiro atoms. The minimum absolute atomic E-state index is 0.0875. The average Bonchev–Trinajstić information content (AvgIpc) is 2.36. The molecule has 1 aliphatic rings. The van der Waals surface area contributed by atoms with Crippen molar-refractivity contribution < 1.29 is 18.0 Å². The van der Waals surface area contributed by atoms with Gasteiger partial charge < -0.3 is 5.32 Å². The van der Waals surface area contributed by atoms with Crippen molar-refractivity contribution in [3.8, 4) is 0 Å². The molecule has 1 rings (SSSR count). The number of hydrogen-bond donors (Lipinski definition) is 3. The largest absolute Gasteiger partial charge is 0.341 e. The molecule has 3 N–H and O–H groups in total. The molecule has 8 nitrogen and oxygen atoms in total. The SMILES string of the molecule is CNC(=O)NC(=O)C(C)N1CCC(NS(C)(=O)=O)CC1. The lowest BCUT2D eigenvalue weighted by Crippen LogP contribution is -2.53. The van der Waals surface area contributed by atoms with Crippen molar-refractivity contribution in [2.45, 2.75) is 31.8 Å². The van der Waals surface area contributed by atoms with Crippen molar-refractivity contribution >= 4 is 22.0 Å². The van der Waals surface area contributed by atoms with E-state index in [0.29, 0.717) is 25.9 Å². The average molecular weight is 306 g/mol. The molecular weight excluding hydrogens is 284 g/mol. The Labute approximate surface area is 119 Å². The van der Waals surface area contributed by atoms with Crippen molar-refractivity contribution in [3.05, 3.63) is 0 Å². The number of amides is 3. The van der Waals surface area contributed by atoms with Crippen LogP contribution in [0.25, 0.3) is 0 Å². The molecule has 1 heterocycles. The molecular formula is C11H22N4O4S. The standard InChI is InChI=1S/C11H22N4O4S/c1-8(10(16)13-11(17)12-2)15-6-4-9(5-7-15)14-20(3,18)19/h8-9,14H,4-7H2,1-3H3,(H2,12,13,16,17). The summed E-state index contributed by atoms with van der Waals surface area (Å²) in [5.41, 5.74) is 0. The zero-order chi connectivity index (χ0) is 15.3. The number of imide groups is 1. The van der Waals surface area contributed by atoms with Crippen LogP contribution in [-0.4, -0.2) is 63.7 Å². The van der Waals surface area contributed by atoms with E-state index in [1.165, 1.54) is 7.05 Å². The summed E-state index contributed by atoms with van der Waals surface area (Å²) in [7, 11) is -1.76. The lowest BCUT2D eigenvalue weighted by molar-refractivity contribution is -0.125. The maximum absolute atomic E-state index is 11.8. The smallest absolute Gasteiger partial charge is 0.321 e. The number of urea groups is 1. The molecule has 0 radical (unpaired) electrons. The highest BCUT2D eigenvalue weighted by molar-refractivity contribution is 7.88.